The highest BCUT2D eigenvalue weighted by atomic mass is 35.5. The number of nitrogens with zero attached hydrogens (tertiary/aromatic N) is 2. The molecule has 0 unspecified atom stereocenters. The predicted octanol–water partition coefficient (Wildman–Crippen LogP) is 3.54. The van der Waals surface area contributed by atoms with Gasteiger partial charge in [-0.1, -0.05) is 60.7 Å². The molecule has 0 amide bonds. The van der Waals surface area contributed by atoms with E-state index in [1.54, 1.807) is 4.68 Å². The Kier molecular flexibility index (Phi) is 6.20. The predicted molar refractivity (Wildman–Crippen MR) is 92.8 cm³/mol. The molecule has 120 valence electrons. The second-order valence-electron chi connectivity index (χ2n) is 4.97. The maximum atomic E-state index is 9.10. The summed E-state index contributed by atoms with van der Waals surface area (Å²) < 4.78 is 7.60. The average molecular weight is 331 g/mol. The Morgan fingerprint density at radius 3 is 2.26 bits per heavy atom. The molecule has 0 aliphatic heterocycles. The fourth-order valence-corrected chi connectivity index (χ4v) is 2.27. The van der Waals surface area contributed by atoms with Gasteiger partial charge in [-0.2, -0.15) is 0 Å². The van der Waals surface area contributed by atoms with Gasteiger partial charge in [0.2, 0.25) is 5.88 Å². The summed E-state index contributed by atoms with van der Waals surface area (Å²) >= 11 is 0. The molecule has 2 aromatic carbocycles. The number of hydrogen-bond acceptors (Lipinski definition) is 3. The quantitative estimate of drug-likeness (QED) is 0.752. The first-order chi connectivity index (χ1) is 10.9. The number of rotatable bonds is 6. The molecular weight excluding hydrogens is 312 g/mol. The van der Waals surface area contributed by atoms with Gasteiger partial charge in [0.15, 0.2) is 0 Å². The third-order valence-corrected chi connectivity index (χ3v) is 3.36. The van der Waals surface area contributed by atoms with Gasteiger partial charge in [0.1, 0.15) is 6.61 Å². The van der Waals surface area contributed by atoms with Crippen LogP contribution in [0.3, 0.4) is 0 Å². The van der Waals surface area contributed by atoms with Gasteiger partial charge >= 0.3 is 0 Å². The van der Waals surface area contributed by atoms with E-state index in [9.17, 15) is 0 Å². The number of aromatic nitrogens is 2. The maximum absolute atomic E-state index is 9.10. The Morgan fingerprint density at radius 2 is 1.61 bits per heavy atom. The van der Waals surface area contributed by atoms with Gasteiger partial charge in [0.05, 0.1) is 18.7 Å². The lowest BCUT2D eigenvalue weighted by Crippen LogP contribution is -2.03. The lowest BCUT2D eigenvalue weighted by molar-refractivity contribution is 0.260. The summed E-state index contributed by atoms with van der Waals surface area (Å²) in [4.78, 5) is 0. The summed E-state index contributed by atoms with van der Waals surface area (Å²) in [6.45, 7) is 0.972. The molecule has 0 fully saturated rings. The molecule has 1 aromatic heterocycles. The lowest BCUT2D eigenvalue weighted by Gasteiger charge is -2.05. The summed E-state index contributed by atoms with van der Waals surface area (Å²) in [5.41, 5.74) is 3.08. The Labute approximate surface area is 141 Å². The Morgan fingerprint density at radius 1 is 0.957 bits per heavy atom. The van der Waals surface area contributed by atoms with Crippen molar-refractivity contribution in [3.63, 3.8) is 0 Å². The normalized spacial score (nSPS) is 10.1. The number of ether oxygens (including phenoxy) is 1. The zero-order chi connectivity index (χ0) is 15.2. The van der Waals surface area contributed by atoms with Crippen LogP contribution in [0.5, 0.6) is 5.88 Å². The number of aliphatic hydroxyl groups is 1. The van der Waals surface area contributed by atoms with Crippen molar-refractivity contribution < 1.29 is 9.84 Å². The van der Waals surface area contributed by atoms with E-state index in [4.69, 9.17) is 9.84 Å². The zero-order valence-corrected chi connectivity index (χ0v) is 13.4. The highest BCUT2D eigenvalue weighted by molar-refractivity contribution is 5.85. The molecule has 0 atom stereocenters. The van der Waals surface area contributed by atoms with Gasteiger partial charge in [-0.3, -0.25) is 4.68 Å². The van der Waals surface area contributed by atoms with E-state index in [0.717, 1.165) is 16.7 Å². The fourth-order valence-electron chi connectivity index (χ4n) is 2.27. The number of benzene rings is 2. The Hall–Kier alpha value is -2.30. The second-order valence-corrected chi connectivity index (χ2v) is 4.97. The standard InChI is InChI=1S/C18H18N2O2.ClH/c21-12-11-20-13-17(16-9-5-2-6-10-16)18(19-20)22-14-15-7-3-1-4-8-15;/h1-10,13,21H,11-12,14H2;1H. The third-order valence-electron chi connectivity index (χ3n) is 3.36. The lowest BCUT2D eigenvalue weighted by atomic mass is 10.1. The molecule has 4 nitrogen and oxygen atoms in total. The van der Waals surface area contributed by atoms with Crippen LogP contribution in [-0.2, 0) is 13.2 Å². The largest absolute Gasteiger partial charge is 0.471 e. The molecule has 23 heavy (non-hydrogen) atoms. The number of halogens is 1. The highest BCUT2D eigenvalue weighted by Gasteiger charge is 2.12. The molecule has 0 aliphatic rings. The van der Waals surface area contributed by atoms with Crippen molar-refractivity contribution in [1.82, 2.24) is 9.78 Å². The first-order valence-electron chi connectivity index (χ1n) is 7.27. The van der Waals surface area contributed by atoms with Gasteiger partial charge in [0, 0.05) is 6.20 Å². The van der Waals surface area contributed by atoms with E-state index >= 15 is 0 Å². The van der Waals surface area contributed by atoms with Gasteiger partial charge in [-0.15, -0.1) is 17.5 Å². The fraction of sp³-hybridized carbons (Fsp3) is 0.167. The van der Waals surface area contributed by atoms with Crippen LogP contribution in [0.1, 0.15) is 5.56 Å². The molecule has 0 aliphatic carbocycles. The summed E-state index contributed by atoms with van der Waals surface area (Å²) in [7, 11) is 0. The topological polar surface area (TPSA) is 47.3 Å². The highest BCUT2D eigenvalue weighted by Crippen LogP contribution is 2.29. The van der Waals surface area contributed by atoms with Crippen LogP contribution < -0.4 is 4.74 Å². The summed E-state index contributed by atoms with van der Waals surface area (Å²) in [6.07, 6.45) is 1.91. The van der Waals surface area contributed by atoms with E-state index < -0.39 is 0 Å². The minimum atomic E-state index is 0. The van der Waals surface area contributed by atoms with Crippen molar-refractivity contribution >= 4 is 12.4 Å². The summed E-state index contributed by atoms with van der Waals surface area (Å²) in [6, 6.07) is 20.0. The van der Waals surface area contributed by atoms with Crippen molar-refractivity contribution in [2.45, 2.75) is 13.2 Å². The van der Waals surface area contributed by atoms with E-state index in [-0.39, 0.29) is 19.0 Å². The summed E-state index contributed by atoms with van der Waals surface area (Å²) in [5.74, 6) is 0.587. The first kappa shape index (κ1) is 17.1. The minimum Gasteiger partial charge on any atom is -0.471 e. The van der Waals surface area contributed by atoms with Crippen LogP contribution in [0.25, 0.3) is 11.1 Å². The molecule has 0 saturated carbocycles. The first-order valence-corrected chi connectivity index (χ1v) is 7.27. The van der Waals surface area contributed by atoms with E-state index in [0.29, 0.717) is 19.0 Å². The maximum Gasteiger partial charge on any atom is 0.241 e. The van der Waals surface area contributed by atoms with E-state index in [1.807, 2.05) is 66.9 Å². The molecule has 0 radical (unpaired) electrons. The molecule has 1 heterocycles. The van der Waals surface area contributed by atoms with E-state index in [2.05, 4.69) is 5.10 Å². The van der Waals surface area contributed by atoms with Crippen LogP contribution >= 0.6 is 12.4 Å². The summed E-state index contributed by atoms with van der Waals surface area (Å²) in [5, 5.41) is 13.5. The van der Waals surface area contributed by atoms with Gasteiger partial charge in [-0.05, 0) is 11.1 Å². The molecule has 5 heteroatoms. The van der Waals surface area contributed by atoms with Crippen molar-refractivity contribution in [3.8, 4) is 17.0 Å². The SMILES string of the molecule is Cl.OCCn1cc(-c2ccccc2)c(OCc2ccccc2)n1. The molecule has 3 aromatic rings. The van der Waals surface area contributed by atoms with Crippen molar-refractivity contribution in [2.75, 3.05) is 6.61 Å². The van der Waals surface area contributed by atoms with Crippen molar-refractivity contribution in [2.24, 2.45) is 0 Å². The monoisotopic (exact) mass is 330 g/mol. The van der Waals surface area contributed by atoms with Crippen LogP contribution in [0, 0.1) is 0 Å². The second kappa shape index (κ2) is 8.36. The molecular formula is C18H19ClN2O2. The van der Waals surface area contributed by atoms with Gasteiger partial charge in [-0.25, -0.2) is 0 Å². The van der Waals surface area contributed by atoms with Crippen LogP contribution in [0.15, 0.2) is 66.9 Å². The smallest absolute Gasteiger partial charge is 0.241 e. The Bertz CT molecular complexity index is 714. The zero-order valence-electron chi connectivity index (χ0n) is 12.6. The third kappa shape index (κ3) is 4.34. The van der Waals surface area contributed by atoms with Crippen LogP contribution in [0.4, 0.5) is 0 Å². The van der Waals surface area contributed by atoms with Gasteiger partial charge < -0.3 is 9.84 Å². The number of hydrogen-bond donors (Lipinski definition) is 1. The molecule has 1 N–H and O–H groups in total. The molecule has 0 bridgehead atoms. The average Bonchev–Trinajstić information content (AvgIpc) is 2.98. The molecule has 3 rings (SSSR count). The van der Waals surface area contributed by atoms with Crippen LogP contribution in [-0.4, -0.2) is 21.5 Å². The van der Waals surface area contributed by atoms with Gasteiger partial charge in [0.25, 0.3) is 0 Å². The molecule has 0 saturated heterocycles. The minimum absolute atomic E-state index is 0. The molecule has 0 spiro atoms. The van der Waals surface area contributed by atoms with Crippen molar-refractivity contribution in [1.29, 1.82) is 0 Å². The van der Waals surface area contributed by atoms with E-state index in [1.165, 1.54) is 0 Å². The number of aliphatic hydroxyl groups excluding tert-OH is 1. The Balaban J connectivity index is 0.00000192. The van der Waals surface area contributed by atoms with Crippen LogP contribution in [0.2, 0.25) is 0 Å². The van der Waals surface area contributed by atoms with Crippen molar-refractivity contribution in [3.05, 3.63) is 72.4 Å².